The van der Waals surface area contributed by atoms with Gasteiger partial charge in [-0.15, -0.1) is 0 Å². The molecule has 2 heterocycles. The van der Waals surface area contributed by atoms with Gasteiger partial charge >= 0.3 is 6.03 Å². The van der Waals surface area contributed by atoms with Gasteiger partial charge in [-0.25, -0.2) is 4.79 Å². The summed E-state index contributed by atoms with van der Waals surface area (Å²) >= 11 is 0. The third-order valence-electron chi connectivity index (χ3n) is 5.91. The number of nitro groups is 1. The molecule has 0 bridgehead atoms. The zero-order chi connectivity index (χ0) is 22.3. The second kappa shape index (κ2) is 7.82. The van der Waals surface area contributed by atoms with Gasteiger partial charge in [0.05, 0.1) is 4.92 Å². The monoisotopic (exact) mass is 422 g/mol. The normalized spacial score (nSPS) is 18.7. The highest BCUT2D eigenvalue weighted by molar-refractivity contribution is 6.31. The van der Waals surface area contributed by atoms with Crippen LogP contribution in [0.4, 0.5) is 10.5 Å². The number of nitrogens with one attached hydrogen (secondary N) is 1. The van der Waals surface area contributed by atoms with Crippen molar-refractivity contribution in [3.63, 3.8) is 0 Å². The summed E-state index contributed by atoms with van der Waals surface area (Å²) in [4.78, 5) is 49.4. The topological polar surface area (TPSA) is 115 Å². The van der Waals surface area contributed by atoms with Gasteiger partial charge in [-0.2, -0.15) is 0 Å². The first kappa shape index (κ1) is 20.5. The van der Waals surface area contributed by atoms with Crippen molar-refractivity contribution in [3.8, 4) is 5.69 Å². The lowest BCUT2D eigenvalue weighted by atomic mass is 10.1. The Morgan fingerprint density at radius 1 is 1.10 bits per heavy atom. The summed E-state index contributed by atoms with van der Waals surface area (Å²) in [5, 5.41) is 13.2. The van der Waals surface area contributed by atoms with E-state index < -0.39 is 22.8 Å². The molecule has 160 valence electrons. The van der Waals surface area contributed by atoms with E-state index in [1.54, 1.807) is 12.1 Å². The summed E-state index contributed by atoms with van der Waals surface area (Å²) in [7, 11) is 0. The molecule has 1 aromatic carbocycles. The Balaban J connectivity index is 1.70. The number of carbonyl (C=O) groups is 3. The van der Waals surface area contributed by atoms with Crippen LogP contribution in [-0.4, -0.2) is 38.3 Å². The van der Waals surface area contributed by atoms with E-state index in [2.05, 4.69) is 5.32 Å². The minimum Gasteiger partial charge on any atom is -0.318 e. The van der Waals surface area contributed by atoms with Crippen molar-refractivity contribution in [1.82, 2.24) is 14.8 Å². The average molecular weight is 422 g/mol. The molecule has 1 aliphatic heterocycles. The van der Waals surface area contributed by atoms with Crippen LogP contribution in [0.2, 0.25) is 0 Å². The van der Waals surface area contributed by atoms with E-state index in [4.69, 9.17) is 0 Å². The van der Waals surface area contributed by atoms with Crippen molar-refractivity contribution in [2.45, 2.75) is 45.6 Å². The van der Waals surface area contributed by atoms with Crippen molar-refractivity contribution in [1.29, 1.82) is 0 Å². The molecule has 31 heavy (non-hydrogen) atoms. The number of nitro benzene ring substituents is 1. The third-order valence-corrected chi connectivity index (χ3v) is 5.91. The number of non-ortho nitro benzene ring substituents is 1. The minimum absolute atomic E-state index is 0.00491. The largest absolute Gasteiger partial charge is 0.331 e. The number of aromatic nitrogens is 1. The Labute approximate surface area is 178 Å². The number of amides is 4. The molecule has 2 aliphatic rings. The van der Waals surface area contributed by atoms with Gasteiger partial charge in [-0.05, 0) is 56.5 Å². The molecule has 1 saturated carbocycles. The molecular weight excluding hydrogens is 400 g/mol. The number of urea groups is 1. The van der Waals surface area contributed by atoms with E-state index in [0.29, 0.717) is 5.56 Å². The zero-order valence-corrected chi connectivity index (χ0v) is 17.3. The molecule has 9 heteroatoms. The second-order valence-corrected chi connectivity index (χ2v) is 7.87. The molecule has 9 nitrogen and oxygen atoms in total. The van der Waals surface area contributed by atoms with Crippen LogP contribution < -0.4 is 5.32 Å². The number of carbonyl (C=O) groups excluding carboxylic acids is 3. The number of hydrogen-bond donors (Lipinski definition) is 1. The van der Waals surface area contributed by atoms with E-state index in [-0.39, 0.29) is 17.3 Å². The van der Waals surface area contributed by atoms with Crippen molar-refractivity contribution in [2.24, 2.45) is 0 Å². The van der Waals surface area contributed by atoms with Gasteiger partial charge in [0, 0.05) is 35.2 Å². The molecule has 2 aromatic rings. The van der Waals surface area contributed by atoms with E-state index in [1.807, 2.05) is 24.5 Å². The highest BCUT2D eigenvalue weighted by Gasteiger charge is 2.40. The van der Waals surface area contributed by atoms with Crippen LogP contribution in [-0.2, 0) is 9.59 Å². The fourth-order valence-corrected chi connectivity index (χ4v) is 4.38. The third kappa shape index (κ3) is 3.63. The van der Waals surface area contributed by atoms with Gasteiger partial charge in [-0.1, -0.05) is 12.8 Å². The van der Waals surface area contributed by atoms with Gasteiger partial charge in [0.2, 0.25) is 0 Å². The SMILES string of the molecule is Cc1cc(/C=C2/C(=O)NC(=O)N(C3CCCC3)C2=O)c(C)n1-c1ccc([N+](=O)[O-])cc1. The Hall–Kier alpha value is -3.75. The second-order valence-electron chi connectivity index (χ2n) is 7.87. The highest BCUT2D eigenvalue weighted by atomic mass is 16.6. The van der Waals surface area contributed by atoms with E-state index in [1.165, 1.54) is 23.1 Å². The highest BCUT2D eigenvalue weighted by Crippen LogP contribution is 2.29. The van der Waals surface area contributed by atoms with Crippen molar-refractivity contribution < 1.29 is 19.3 Å². The number of benzene rings is 1. The van der Waals surface area contributed by atoms with E-state index in [0.717, 1.165) is 42.8 Å². The summed E-state index contributed by atoms with van der Waals surface area (Å²) in [5.41, 5.74) is 2.92. The Morgan fingerprint density at radius 3 is 2.35 bits per heavy atom. The molecule has 0 radical (unpaired) electrons. The molecule has 0 atom stereocenters. The van der Waals surface area contributed by atoms with Crippen LogP contribution in [0.25, 0.3) is 11.8 Å². The van der Waals surface area contributed by atoms with Crippen LogP contribution in [0.5, 0.6) is 0 Å². The minimum atomic E-state index is -0.704. The summed E-state index contributed by atoms with van der Waals surface area (Å²) in [5.74, 6) is -1.27. The van der Waals surface area contributed by atoms with Crippen molar-refractivity contribution in [2.75, 3.05) is 0 Å². The average Bonchev–Trinajstić information content (AvgIpc) is 3.33. The van der Waals surface area contributed by atoms with Crippen LogP contribution in [0, 0.1) is 24.0 Å². The number of barbiturate groups is 1. The first-order valence-corrected chi connectivity index (χ1v) is 10.1. The first-order chi connectivity index (χ1) is 14.8. The van der Waals surface area contributed by atoms with Gasteiger partial charge in [0.15, 0.2) is 0 Å². The maximum absolute atomic E-state index is 13.0. The van der Waals surface area contributed by atoms with Crippen LogP contribution in [0.15, 0.2) is 35.9 Å². The molecule has 0 unspecified atom stereocenters. The number of hydrogen-bond acceptors (Lipinski definition) is 5. The molecule has 2 fully saturated rings. The maximum atomic E-state index is 13.0. The molecule has 1 N–H and O–H groups in total. The predicted molar refractivity (Wildman–Crippen MR) is 113 cm³/mol. The molecule has 1 saturated heterocycles. The van der Waals surface area contributed by atoms with Crippen molar-refractivity contribution in [3.05, 3.63) is 63.0 Å². The van der Waals surface area contributed by atoms with Gasteiger partial charge in [0.25, 0.3) is 17.5 Å². The van der Waals surface area contributed by atoms with E-state index in [9.17, 15) is 24.5 Å². The molecule has 4 rings (SSSR count). The quantitative estimate of drug-likeness (QED) is 0.351. The lowest BCUT2D eigenvalue weighted by Gasteiger charge is -2.31. The lowest BCUT2D eigenvalue weighted by Crippen LogP contribution is -2.57. The van der Waals surface area contributed by atoms with Crippen molar-refractivity contribution >= 4 is 29.6 Å². The van der Waals surface area contributed by atoms with Crippen LogP contribution in [0.3, 0.4) is 0 Å². The van der Waals surface area contributed by atoms with Gasteiger partial charge < -0.3 is 4.57 Å². The zero-order valence-electron chi connectivity index (χ0n) is 17.3. The molecule has 4 amide bonds. The summed E-state index contributed by atoms with van der Waals surface area (Å²) in [6.07, 6.45) is 4.90. The summed E-state index contributed by atoms with van der Waals surface area (Å²) < 4.78 is 1.89. The Bertz CT molecular complexity index is 1120. The fourth-order valence-electron chi connectivity index (χ4n) is 4.38. The summed E-state index contributed by atoms with van der Waals surface area (Å²) in [6, 6.07) is 7.14. The standard InChI is InChI=1S/C22H22N4O5/c1-13-11-15(14(2)24(13)17-7-9-18(10-8-17)26(30)31)12-19-20(27)23-22(29)25(21(19)28)16-5-3-4-6-16/h7-12,16H,3-6H2,1-2H3,(H,23,27,29)/b19-12-. The summed E-state index contributed by atoms with van der Waals surface area (Å²) in [6.45, 7) is 3.71. The Kier molecular flexibility index (Phi) is 5.18. The molecular formula is C22H22N4O5. The lowest BCUT2D eigenvalue weighted by molar-refractivity contribution is -0.384. The van der Waals surface area contributed by atoms with Gasteiger partial charge in [-0.3, -0.25) is 29.9 Å². The van der Waals surface area contributed by atoms with E-state index >= 15 is 0 Å². The predicted octanol–water partition coefficient (Wildman–Crippen LogP) is 3.41. The molecule has 1 aliphatic carbocycles. The van der Waals surface area contributed by atoms with Gasteiger partial charge in [0.1, 0.15) is 5.57 Å². The number of rotatable bonds is 4. The maximum Gasteiger partial charge on any atom is 0.331 e. The number of aryl methyl sites for hydroxylation is 1. The smallest absolute Gasteiger partial charge is 0.318 e. The van der Waals surface area contributed by atoms with Crippen LogP contribution >= 0.6 is 0 Å². The van der Waals surface area contributed by atoms with Crippen LogP contribution in [0.1, 0.15) is 42.6 Å². The number of nitrogens with zero attached hydrogens (tertiary/aromatic N) is 3. The fraction of sp³-hybridized carbons (Fsp3) is 0.318. The molecule has 0 spiro atoms. The molecule has 1 aromatic heterocycles. The number of imide groups is 2. The first-order valence-electron chi connectivity index (χ1n) is 10.1. The Morgan fingerprint density at radius 2 is 1.74 bits per heavy atom.